The standard InChI is InChI=1S/C24H25N3O2S/c1-25(2)17-9-11-20-22(14-17)30-23-15-18(26(3)4)10-12-21(23)27(20)24(28)16-7-6-8-19(13-16)29-5/h6-15H,1-5H3. The largest absolute Gasteiger partial charge is 0.497 e. The highest BCUT2D eigenvalue weighted by atomic mass is 32.2. The fourth-order valence-corrected chi connectivity index (χ4v) is 4.57. The van der Waals surface area contributed by atoms with E-state index in [0.717, 1.165) is 32.5 Å². The Hall–Kier alpha value is -3.12. The summed E-state index contributed by atoms with van der Waals surface area (Å²) in [5.74, 6) is 0.588. The highest BCUT2D eigenvalue weighted by Crippen LogP contribution is 2.50. The van der Waals surface area contributed by atoms with E-state index < -0.39 is 0 Å². The van der Waals surface area contributed by atoms with Crippen molar-refractivity contribution in [3.8, 4) is 5.75 Å². The maximum Gasteiger partial charge on any atom is 0.263 e. The Morgan fingerprint density at radius 3 is 1.90 bits per heavy atom. The van der Waals surface area contributed by atoms with Gasteiger partial charge in [-0.1, -0.05) is 17.8 Å². The number of ether oxygens (including phenoxy) is 1. The summed E-state index contributed by atoms with van der Waals surface area (Å²) in [6.45, 7) is 0. The number of carbonyl (C=O) groups is 1. The molecule has 3 aromatic carbocycles. The summed E-state index contributed by atoms with van der Waals surface area (Å²) in [5, 5.41) is 0. The molecule has 6 heteroatoms. The number of hydrogen-bond acceptors (Lipinski definition) is 5. The van der Waals surface area contributed by atoms with Crippen molar-refractivity contribution in [2.75, 3.05) is 50.0 Å². The molecule has 1 aliphatic rings. The van der Waals surface area contributed by atoms with Crippen molar-refractivity contribution < 1.29 is 9.53 Å². The van der Waals surface area contributed by atoms with E-state index in [4.69, 9.17) is 4.74 Å². The number of amides is 1. The molecule has 154 valence electrons. The number of benzene rings is 3. The lowest BCUT2D eigenvalue weighted by atomic mass is 10.1. The zero-order chi connectivity index (χ0) is 21.4. The second kappa shape index (κ2) is 7.95. The predicted octanol–water partition coefficient (Wildman–Crippen LogP) is 5.27. The highest BCUT2D eigenvalue weighted by molar-refractivity contribution is 7.99. The maximum absolute atomic E-state index is 13.7. The molecule has 0 saturated heterocycles. The molecular formula is C24H25N3O2S. The molecule has 1 heterocycles. The topological polar surface area (TPSA) is 36.0 Å². The van der Waals surface area contributed by atoms with Crippen molar-refractivity contribution in [1.82, 2.24) is 0 Å². The molecule has 0 unspecified atom stereocenters. The van der Waals surface area contributed by atoms with E-state index >= 15 is 0 Å². The van der Waals surface area contributed by atoms with Crippen LogP contribution in [-0.4, -0.2) is 41.2 Å². The van der Waals surface area contributed by atoms with Crippen LogP contribution >= 0.6 is 11.8 Å². The third-order valence-corrected chi connectivity index (χ3v) is 6.23. The van der Waals surface area contributed by atoms with Crippen molar-refractivity contribution in [2.24, 2.45) is 0 Å². The normalized spacial score (nSPS) is 12.1. The van der Waals surface area contributed by atoms with Crippen molar-refractivity contribution in [1.29, 1.82) is 0 Å². The van der Waals surface area contributed by atoms with Gasteiger partial charge in [0.25, 0.3) is 5.91 Å². The van der Waals surface area contributed by atoms with Crippen molar-refractivity contribution >= 4 is 40.4 Å². The van der Waals surface area contributed by atoms with Gasteiger partial charge in [-0.3, -0.25) is 9.69 Å². The average molecular weight is 420 g/mol. The lowest BCUT2D eigenvalue weighted by Crippen LogP contribution is -2.28. The molecule has 0 aromatic heterocycles. The average Bonchev–Trinajstić information content (AvgIpc) is 2.76. The van der Waals surface area contributed by atoms with E-state index in [0.29, 0.717) is 11.3 Å². The quantitative estimate of drug-likeness (QED) is 0.576. The van der Waals surface area contributed by atoms with Gasteiger partial charge in [0.05, 0.1) is 18.5 Å². The first-order valence-electron chi connectivity index (χ1n) is 9.68. The molecule has 0 radical (unpaired) electrons. The minimum Gasteiger partial charge on any atom is -0.497 e. The van der Waals surface area contributed by atoms with Crippen molar-refractivity contribution in [3.63, 3.8) is 0 Å². The Bertz CT molecular complexity index is 1050. The van der Waals surface area contributed by atoms with Crippen LogP contribution in [0.5, 0.6) is 5.75 Å². The fraction of sp³-hybridized carbons (Fsp3) is 0.208. The Morgan fingerprint density at radius 1 is 0.833 bits per heavy atom. The van der Waals surface area contributed by atoms with Crippen LogP contribution in [0.15, 0.2) is 70.5 Å². The lowest BCUT2D eigenvalue weighted by molar-refractivity contribution is 0.0998. The van der Waals surface area contributed by atoms with Gasteiger partial charge in [-0.15, -0.1) is 0 Å². The minimum absolute atomic E-state index is 0.0769. The van der Waals surface area contributed by atoms with Crippen LogP contribution in [-0.2, 0) is 0 Å². The van der Waals surface area contributed by atoms with Gasteiger partial charge in [0.1, 0.15) is 5.75 Å². The summed E-state index contributed by atoms with van der Waals surface area (Å²) >= 11 is 1.70. The minimum atomic E-state index is -0.0769. The van der Waals surface area contributed by atoms with Crippen LogP contribution in [0.1, 0.15) is 10.4 Å². The monoisotopic (exact) mass is 419 g/mol. The molecular weight excluding hydrogens is 394 g/mol. The van der Waals surface area contributed by atoms with Crippen LogP contribution in [0, 0.1) is 0 Å². The molecule has 30 heavy (non-hydrogen) atoms. The summed E-state index contributed by atoms with van der Waals surface area (Å²) in [4.78, 5) is 21.7. The van der Waals surface area contributed by atoms with Gasteiger partial charge in [-0.2, -0.15) is 0 Å². The number of anilines is 4. The summed E-state index contributed by atoms with van der Waals surface area (Å²) in [6, 6.07) is 19.7. The summed E-state index contributed by atoms with van der Waals surface area (Å²) < 4.78 is 5.33. The number of carbonyl (C=O) groups excluding carboxylic acids is 1. The first kappa shape index (κ1) is 20.2. The summed E-state index contributed by atoms with van der Waals surface area (Å²) in [5.41, 5.74) is 4.57. The molecule has 1 amide bonds. The van der Waals surface area contributed by atoms with E-state index in [1.165, 1.54) is 0 Å². The third kappa shape index (κ3) is 3.59. The van der Waals surface area contributed by atoms with Crippen molar-refractivity contribution in [2.45, 2.75) is 9.79 Å². The van der Waals surface area contributed by atoms with Gasteiger partial charge < -0.3 is 14.5 Å². The zero-order valence-corrected chi connectivity index (χ0v) is 18.7. The van der Waals surface area contributed by atoms with Crippen molar-refractivity contribution in [3.05, 3.63) is 66.2 Å². The van der Waals surface area contributed by atoms with Gasteiger partial charge in [0.15, 0.2) is 0 Å². The Balaban J connectivity index is 1.87. The molecule has 0 N–H and O–H groups in total. The molecule has 4 rings (SSSR count). The van der Waals surface area contributed by atoms with Gasteiger partial charge >= 0.3 is 0 Å². The first-order chi connectivity index (χ1) is 14.4. The molecule has 0 aliphatic carbocycles. The number of rotatable bonds is 4. The van der Waals surface area contributed by atoms with Crippen LogP contribution in [0.25, 0.3) is 0 Å². The number of hydrogen-bond donors (Lipinski definition) is 0. The second-order valence-electron chi connectivity index (χ2n) is 7.57. The predicted molar refractivity (Wildman–Crippen MR) is 125 cm³/mol. The Kier molecular flexibility index (Phi) is 5.35. The van der Waals surface area contributed by atoms with Crippen LogP contribution in [0.3, 0.4) is 0 Å². The summed E-state index contributed by atoms with van der Waals surface area (Å²) in [6.07, 6.45) is 0. The maximum atomic E-state index is 13.7. The molecule has 0 spiro atoms. The Morgan fingerprint density at radius 2 is 1.40 bits per heavy atom. The lowest BCUT2D eigenvalue weighted by Gasteiger charge is -2.32. The molecule has 1 aliphatic heterocycles. The molecule has 0 saturated carbocycles. The molecule has 0 fully saturated rings. The van der Waals surface area contributed by atoms with Gasteiger partial charge in [0.2, 0.25) is 0 Å². The summed E-state index contributed by atoms with van der Waals surface area (Å²) in [7, 11) is 9.69. The van der Waals surface area contributed by atoms with E-state index in [1.807, 2.05) is 75.6 Å². The molecule has 3 aromatic rings. The zero-order valence-electron chi connectivity index (χ0n) is 17.8. The highest BCUT2D eigenvalue weighted by Gasteiger charge is 2.30. The Labute approximate surface area is 181 Å². The van der Waals surface area contributed by atoms with E-state index in [9.17, 15) is 4.79 Å². The molecule has 0 atom stereocenters. The van der Waals surface area contributed by atoms with Gasteiger partial charge in [0, 0.05) is 54.9 Å². The van der Waals surface area contributed by atoms with E-state index in [-0.39, 0.29) is 5.91 Å². The van der Waals surface area contributed by atoms with E-state index in [2.05, 4.69) is 21.9 Å². The van der Waals surface area contributed by atoms with Gasteiger partial charge in [-0.05, 0) is 54.6 Å². The van der Waals surface area contributed by atoms with Crippen LogP contribution in [0.4, 0.5) is 22.7 Å². The fourth-order valence-electron chi connectivity index (χ4n) is 3.45. The molecule has 0 bridgehead atoms. The number of nitrogens with zero attached hydrogens (tertiary/aromatic N) is 3. The van der Waals surface area contributed by atoms with Crippen LogP contribution < -0.4 is 19.4 Å². The van der Waals surface area contributed by atoms with Gasteiger partial charge in [-0.25, -0.2) is 0 Å². The smallest absolute Gasteiger partial charge is 0.263 e. The van der Waals surface area contributed by atoms with Crippen LogP contribution in [0.2, 0.25) is 0 Å². The molecule has 5 nitrogen and oxygen atoms in total. The number of fused-ring (bicyclic) bond motifs is 2. The second-order valence-corrected chi connectivity index (χ2v) is 8.65. The SMILES string of the molecule is COc1cccc(C(=O)N2c3ccc(N(C)C)cc3Sc3cc(N(C)C)ccc32)c1. The third-order valence-electron chi connectivity index (χ3n) is 5.14. The first-order valence-corrected chi connectivity index (χ1v) is 10.5. The number of methoxy groups -OCH3 is 1. The van der Waals surface area contributed by atoms with E-state index in [1.54, 1.807) is 24.9 Å².